The molecule has 1 aliphatic carbocycles. The molecule has 1 atom stereocenters. The monoisotopic (exact) mass is 286 g/mol. The first-order chi connectivity index (χ1) is 9.38. The van der Waals surface area contributed by atoms with Crippen molar-refractivity contribution < 1.29 is 13.2 Å². The van der Waals surface area contributed by atoms with E-state index in [1.807, 2.05) is 0 Å². The molecule has 0 aliphatic heterocycles. The Balaban J connectivity index is 2.42. The summed E-state index contributed by atoms with van der Waals surface area (Å²) < 4.78 is 39.5. The van der Waals surface area contributed by atoms with Crippen LogP contribution in [-0.2, 0) is 6.18 Å². The molecule has 1 fully saturated rings. The van der Waals surface area contributed by atoms with Crippen molar-refractivity contribution in [1.29, 1.82) is 0 Å². The van der Waals surface area contributed by atoms with Crippen LogP contribution in [0, 0.1) is 5.41 Å². The summed E-state index contributed by atoms with van der Waals surface area (Å²) in [6.45, 7) is 2.08. The van der Waals surface area contributed by atoms with Crippen molar-refractivity contribution in [2.75, 3.05) is 7.05 Å². The number of hydrogen-bond donors (Lipinski definition) is 1. The average molecular weight is 286 g/mol. The van der Waals surface area contributed by atoms with Crippen LogP contribution in [-0.4, -0.2) is 12.0 Å². The molecule has 0 radical (unpaired) electrons. The zero-order valence-corrected chi connectivity index (χ0v) is 11.9. The molecule has 1 aromatic rings. The van der Waals surface area contributed by atoms with Crippen molar-refractivity contribution >= 4 is 0 Å². The molecule has 0 spiro atoms. The van der Waals surface area contributed by atoms with Gasteiger partial charge in [-0.1, -0.05) is 26.2 Å². The summed E-state index contributed by atoms with van der Waals surface area (Å²) in [5, 5.41) is 3.10. The molecule has 1 aliphatic rings. The number of hydrogen-bond acceptors (Lipinski definition) is 2. The van der Waals surface area contributed by atoms with E-state index >= 15 is 0 Å². The Labute approximate surface area is 117 Å². The summed E-state index contributed by atoms with van der Waals surface area (Å²) >= 11 is 0. The van der Waals surface area contributed by atoms with Crippen LogP contribution >= 0.6 is 0 Å². The Kier molecular flexibility index (Phi) is 4.37. The molecule has 1 aromatic heterocycles. The van der Waals surface area contributed by atoms with Gasteiger partial charge in [-0.25, -0.2) is 0 Å². The topological polar surface area (TPSA) is 24.9 Å². The maximum Gasteiger partial charge on any atom is 0.416 e. The van der Waals surface area contributed by atoms with Crippen molar-refractivity contribution in [2.24, 2.45) is 5.41 Å². The molecule has 0 amide bonds. The third-order valence-corrected chi connectivity index (χ3v) is 4.45. The lowest BCUT2D eigenvalue weighted by atomic mass is 9.68. The Morgan fingerprint density at radius 3 is 2.45 bits per heavy atom. The van der Waals surface area contributed by atoms with Crippen LogP contribution in [0.2, 0.25) is 0 Å². The molecule has 1 N–H and O–H groups in total. The van der Waals surface area contributed by atoms with Gasteiger partial charge in [0, 0.05) is 24.0 Å². The molecule has 1 saturated carbocycles. The molecule has 112 valence electrons. The number of aromatic nitrogens is 1. The third kappa shape index (κ3) is 2.97. The maximum absolute atomic E-state index is 13.2. The predicted octanol–water partition coefficient (Wildman–Crippen LogP) is 4.33. The molecule has 0 saturated heterocycles. The molecule has 2 rings (SSSR count). The van der Waals surface area contributed by atoms with Gasteiger partial charge in [0.1, 0.15) is 0 Å². The summed E-state index contributed by atoms with van der Waals surface area (Å²) in [5.74, 6) is 0. The zero-order chi connectivity index (χ0) is 14.8. The van der Waals surface area contributed by atoms with Gasteiger partial charge >= 0.3 is 6.18 Å². The van der Waals surface area contributed by atoms with Crippen LogP contribution in [0.15, 0.2) is 18.5 Å². The largest absolute Gasteiger partial charge is 0.416 e. The first-order valence-corrected chi connectivity index (χ1v) is 7.07. The van der Waals surface area contributed by atoms with Gasteiger partial charge in [-0.2, -0.15) is 13.2 Å². The first kappa shape index (κ1) is 15.3. The fourth-order valence-corrected chi connectivity index (χ4v) is 3.42. The molecule has 20 heavy (non-hydrogen) atoms. The highest BCUT2D eigenvalue weighted by Crippen LogP contribution is 2.47. The van der Waals surface area contributed by atoms with Gasteiger partial charge in [-0.05, 0) is 31.4 Å². The SMILES string of the molecule is CNC(c1cnccc1C(F)(F)F)C1(C)CCCCC1. The lowest BCUT2D eigenvalue weighted by Gasteiger charge is -2.41. The van der Waals surface area contributed by atoms with Gasteiger partial charge in [0.2, 0.25) is 0 Å². The molecule has 0 aromatic carbocycles. The smallest absolute Gasteiger partial charge is 0.312 e. The summed E-state index contributed by atoms with van der Waals surface area (Å²) in [4.78, 5) is 3.91. The van der Waals surface area contributed by atoms with Gasteiger partial charge in [0.25, 0.3) is 0 Å². The fraction of sp³-hybridized carbons (Fsp3) is 0.667. The minimum Gasteiger partial charge on any atom is -0.312 e. The van der Waals surface area contributed by atoms with Crippen molar-refractivity contribution in [3.05, 3.63) is 29.6 Å². The highest BCUT2D eigenvalue weighted by atomic mass is 19.4. The number of pyridine rings is 1. The molecule has 1 unspecified atom stereocenters. The van der Waals surface area contributed by atoms with Crippen molar-refractivity contribution in [3.63, 3.8) is 0 Å². The van der Waals surface area contributed by atoms with Crippen LogP contribution in [0.4, 0.5) is 13.2 Å². The normalized spacial score (nSPS) is 20.6. The zero-order valence-electron chi connectivity index (χ0n) is 11.9. The predicted molar refractivity (Wildman–Crippen MR) is 72.2 cm³/mol. The molecule has 1 heterocycles. The second kappa shape index (κ2) is 5.72. The fourth-order valence-electron chi connectivity index (χ4n) is 3.42. The van der Waals surface area contributed by atoms with E-state index in [0.717, 1.165) is 31.7 Å². The third-order valence-electron chi connectivity index (χ3n) is 4.45. The van der Waals surface area contributed by atoms with Crippen LogP contribution in [0.1, 0.15) is 56.2 Å². The van der Waals surface area contributed by atoms with E-state index in [2.05, 4.69) is 17.2 Å². The quantitative estimate of drug-likeness (QED) is 0.894. The second-order valence-corrected chi connectivity index (χ2v) is 5.90. The summed E-state index contributed by atoms with van der Waals surface area (Å²) in [7, 11) is 1.73. The summed E-state index contributed by atoms with van der Waals surface area (Å²) in [6, 6.07) is 0.763. The minimum atomic E-state index is -4.33. The van der Waals surface area contributed by atoms with Crippen LogP contribution in [0.3, 0.4) is 0 Å². The molecule has 0 bridgehead atoms. The highest BCUT2D eigenvalue weighted by molar-refractivity contribution is 5.31. The Morgan fingerprint density at radius 1 is 1.25 bits per heavy atom. The van der Waals surface area contributed by atoms with Crippen LogP contribution in [0.5, 0.6) is 0 Å². The van der Waals surface area contributed by atoms with Gasteiger partial charge in [-0.15, -0.1) is 0 Å². The van der Waals surface area contributed by atoms with Gasteiger partial charge < -0.3 is 5.32 Å². The molecular formula is C15H21F3N2. The van der Waals surface area contributed by atoms with Crippen molar-refractivity contribution in [1.82, 2.24) is 10.3 Å². The Morgan fingerprint density at radius 2 is 1.90 bits per heavy atom. The summed E-state index contributed by atoms with van der Waals surface area (Å²) in [5.41, 5.74) is -0.443. The minimum absolute atomic E-state index is 0.143. The number of alkyl halides is 3. The number of nitrogens with zero attached hydrogens (tertiary/aromatic N) is 1. The van der Waals surface area contributed by atoms with E-state index in [4.69, 9.17) is 0 Å². The van der Waals surface area contributed by atoms with E-state index in [-0.39, 0.29) is 17.0 Å². The van der Waals surface area contributed by atoms with E-state index in [1.165, 1.54) is 18.8 Å². The highest BCUT2D eigenvalue weighted by Gasteiger charge is 2.41. The lowest BCUT2D eigenvalue weighted by molar-refractivity contribution is -0.138. The van der Waals surface area contributed by atoms with Crippen LogP contribution in [0.25, 0.3) is 0 Å². The van der Waals surface area contributed by atoms with Gasteiger partial charge in [0.15, 0.2) is 0 Å². The van der Waals surface area contributed by atoms with E-state index in [0.29, 0.717) is 0 Å². The number of halogens is 3. The molecule has 2 nitrogen and oxygen atoms in total. The molecular weight excluding hydrogens is 265 g/mol. The standard InChI is InChI=1S/C15H21F3N2/c1-14(7-4-3-5-8-14)13(19-2)11-10-20-9-6-12(11)15(16,17)18/h6,9-10,13,19H,3-5,7-8H2,1-2H3. The Hall–Kier alpha value is -1.10. The van der Waals surface area contributed by atoms with E-state index in [9.17, 15) is 13.2 Å². The molecule has 5 heteroatoms. The first-order valence-electron chi connectivity index (χ1n) is 7.07. The second-order valence-electron chi connectivity index (χ2n) is 5.90. The van der Waals surface area contributed by atoms with Gasteiger partial charge in [0.05, 0.1) is 5.56 Å². The number of rotatable bonds is 3. The van der Waals surface area contributed by atoms with E-state index < -0.39 is 11.7 Å². The Bertz CT molecular complexity index is 451. The average Bonchev–Trinajstić information content (AvgIpc) is 2.39. The van der Waals surface area contributed by atoms with Gasteiger partial charge in [-0.3, -0.25) is 4.98 Å². The lowest BCUT2D eigenvalue weighted by Crippen LogP contribution is -2.37. The number of nitrogens with one attached hydrogen (secondary N) is 1. The van der Waals surface area contributed by atoms with Crippen LogP contribution < -0.4 is 5.32 Å². The van der Waals surface area contributed by atoms with Crippen molar-refractivity contribution in [3.8, 4) is 0 Å². The maximum atomic E-state index is 13.2. The van der Waals surface area contributed by atoms with E-state index in [1.54, 1.807) is 7.05 Å². The van der Waals surface area contributed by atoms with Crippen molar-refractivity contribution in [2.45, 2.75) is 51.2 Å². The summed E-state index contributed by atoms with van der Waals surface area (Å²) in [6.07, 6.45) is 3.47.